The predicted octanol–water partition coefficient (Wildman–Crippen LogP) is 0.0818. The Labute approximate surface area is 126 Å². The van der Waals surface area contributed by atoms with Crippen LogP contribution in [-0.4, -0.2) is 73.6 Å². The molecule has 2 fully saturated rings. The third-order valence-electron chi connectivity index (χ3n) is 3.85. The van der Waals surface area contributed by atoms with E-state index >= 15 is 0 Å². The van der Waals surface area contributed by atoms with Crippen molar-refractivity contribution in [3.8, 4) is 0 Å². The third kappa shape index (κ3) is 4.68. The first-order valence-electron chi connectivity index (χ1n) is 7.74. The van der Waals surface area contributed by atoms with Gasteiger partial charge in [-0.25, -0.2) is 0 Å². The molecule has 2 aliphatic rings. The summed E-state index contributed by atoms with van der Waals surface area (Å²) in [6.45, 7) is 11.2. The minimum atomic E-state index is -0.340. The van der Waals surface area contributed by atoms with E-state index in [1.165, 1.54) is 0 Å². The van der Waals surface area contributed by atoms with Crippen LogP contribution in [-0.2, 0) is 14.3 Å². The molecule has 6 nitrogen and oxygen atoms in total. The topological polar surface area (TPSA) is 61.9 Å². The Morgan fingerprint density at radius 1 is 1.29 bits per heavy atom. The first-order valence-corrected chi connectivity index (χ1v) is 7.74. The van der Waals surface area contributed by atoms with Crippen LogP contribution < -0.4 is 5.32 Å². The largest absolute Gasteiger partial charge is 0.378 e. The highest BCUT2D eigenvalue weighted by Gasteiger charge is 2.34. The predicted molar refractivity (Wildman–Crippen MR) is 79.8 cm³/mol. The maximum absolute atomic E-state index is 12.4. The zero-order valence-corrected chi connectivity index (χ0v) is 13.4. The van der Waals surface area contributed by atoms with E-state index in [1.54, 1.807) is 4.90 Å². The summed E-state index contributed by atoms with van der Waals surface area (Å²) in [5.41, 5.74) is 0.109. The lowest BCUT2D eigenvalue weighted by molar-refractivity contribution is -0.141. The number of ether oxygens (including phenoxy) is 1. The molecule has 1 N–H and O–H groups in total. The Kier molecular flexibility index (Phi) is 5.22. The second kappa shape index (κ2) is 6.75. The number of hydrogen-bond acceptors (Lipinski definition) is 4. The molecule has 2 aliphatic heterocycles. The zero-order chi connectivity index (χ0) is 15.5. The summed E-state index contributed by atoms with van der Waals surface area (Å²) in [5.74, 6) is 0.0337. The molecule has 21 heavy (non-hydrogen) atoms. The molecule has 0 saturated carbocycles. The van der Waals surface area contributed by atoms with Crippen LogP contribution in [0.15, 0.2) is 0 Å². The van der Waals surface area contributed by atoms with Crippen LogP contribution in [0.1, 0.15) is 27.2 Å². The SMILES string of the molecule is CC(C)(C)CN1CCNC(=O)[C@@H]1CC(=O)N1CCOCC1. The van der Waals surface area contributed by atoms with Crippen molar-refractivity contribution >= 4 is 11.8 Å². The highest BCUT2D eigenvalue weighted by atomic mass is 16.5. The summed E-state index contributed by atoms with van der Waals surface area (Å²) < 4.78 is 5.26. The molecule has 0 unspecified atom stereocenters. The van der Waals surface area contributed by atoms with Gasteiger partial charge in [-0.1, -0.05) is 20.8 Å². The van der Waals surface area contributed by atoms with E-state index in [1.807, 2.05) is 0 Å². The average Bonchev–Trinajstić information content (AvgIpc) is 2.42. The quantitative estimate of drug-likeness (QED) is 0.801. The lowest BCUT2D eigenvalue weighted by atomic mass is 9.94. The van der Waals surface area contributed by atoms with Crippen molar-refractivity contribution in [3.63, 3.8) is 0 Å². The van der Waals surface area contributed by atoms with Gasteiger partial charge in [-0.15, -0.1) is 0 Å². The van der Waals surface area contributed by atoms with E-state index in [0.717, 1.165) is 13.1 Å². The fourth-order valence-corrected chi connectivity index (χ4v) is 2.89. The van der Waals surface area contributed by atoms with Crippen molar-refractivity contribution in [1.29, 1.82) is 0 Å². The number of amides is 2. The fraction of sp³-hybridized carbons (Fsp3) is 0.867. The molecule has 1 atom stereocenters. The summed E-state index contributed by atoms with van der Waals surface area (Å²) in [6.07, 6.45) is 0.266. The standard InChI is InChI=1S/C15H27N3O3/c1-15(2,3)11-18-5-4-16-14(20)12(18)10-13(19)17-6-8-21-9-7-17/h12H,4-11H2,1-3H3,(H,16,20)/t12-/m0/s1. The number of morpholine rings is 1. The van der Waals surface area contributed by atoms with Gasteiger partial charge in [0.05, 0.1) is 25.7 Å². The van der Waals surface area contributed by atoms with E-state index in [4.69, 9.17) is 4.74 Å². The maximum Gasteiger partial charge on any atom is 0.237 e. The van der Waals surface area contributed by atoms with Crippen LogP contribution in [0.2, 0.25) is 0 Å². The average molecular weight is 297 g/mol. The Morgan fingerprint density at radius 3 is 2.57 bits per heavy atom. The number of nitrogens with one attached hydrogen (secondary N) is 1. The van der Waals surface area contributed by atoms with Crippen molar-refractivity contribution in [2.75, 3.05) is 45.9 Å². The Balaban J connectivity index is 1.98. The maximum atomic E-state index is 12.4. The lowest BCUT2D eigenvalue weighted by Gasteiger charge is -2.39. The Hall–Kier alpha value is -1.14. The monoisotopic (exact) mass is 297 g/mol. The van der Waals surface area contributed by atoms with Crippen LogP contribution in [0.3, 0.4) is 0 Å². The van der Waals surface area contributed by atoms with Crippen LogP contribution in [0.4, 0.5) is 0 Å². The van der Waals surface area contributed by atoms with Crippen molar-refractivity contribution in [1.82, 2.24) is 15.1 Å². The van der Waals surface area contributed by atoms with Crippen LogP contribution in [0.5, 0.6) is 0 Å². The zero-order valence-electron chi connectivity index (χ0n) is 13.4. The van der Waals surface area contributed by atoms with Gasteiger partial charge in [0.15, 0.2) is 0 Å². The number of carbonyl (C=O) groups excluding carboxylic acids is 2. The molecule has 2 heterocycles. The number of hydrogen-bond donors (Lipinski definition) is 1. The van der Waals surface area contributed by atoms with E-state index in [0.29, 0.717) is 32.8 Å². The van der Waals surface area contributed by atoms with Gasteiger partial charge in [-0.05, 0) is 5.41 Å². The molecule has 2 saturated heterocycles. The molecule has 0 aromatic heterocycles. The molecule has 0 radical (unpaired) electrons. The molecule has 0 aliphatic carbocycles. The van der Waals surface area contributed by atoms with Gasteiger partial charge in [0.1, 0.15) is 0 Å². The molecular weight excluding hydrogens is 270 g/mol. The Bertz CT molecular complexity index is 386. The van der Waals surface area contributed by atoms with Gasteiger partial charge in [0.25, 0.3) is 0 Å². The minimum Gasteiger partial charge on any atom is -0.378 e. The summed E-state index contributed by atoms with van der Waals surface area (Å²) >= 11 is 0. The second-order valence-corrected chi connectivity index (χ2v) is 7.04. The van der Waals surface area contributed by atoms with E-state index in [-0.39, 0.29) is 29.7 Å². The fourth-order valence-electron chi connectivity index (χ4n) is 2.89. The van der Waals surface area contributed by atoms with Crippen molar-refractivity contribution in [2.24, 2.45) is 5.41 Å². The lowest BCUT2D eigenvalue weighted by Crippen LogP contribution is -2.58. The van der Waals surface area contributed by atoms with Crippen LogP contribution in [0, 0.1) is 5.41 Å². The van der Waals surface area contributed by atoms with E-state index in [2.05, 4.69) is 31.0 Å². The molecular formula is C15H27N3O3. The molecule has 6 heteroatoms. The first kappa shape index (κ1) is 16.2. The molecule has 0 aromatic carbocycles. The molecule has 120 valence electrons. The summed E-state index contributed by atoms with van der Waals surface area (Å²) in [4.78, 5) is 28.5. The van der Waals surface area contributed by atoms with Gasteiger partial charge in [-0.3, -0.25) is 14.5 Å². The molecule has 0 bridgehead atoms. The summed E-state index contributed by atoms with van der Waals surface area (Å²) in [7, 11) is 0. The number of piperazine rings is 1. The molecule has 2 rings (SSSR count). The molecule has 0 aromatic rings. The van der Waals surface area contributed by atoms with Crippen LogP contribution >= 0.6 is 0 Å². The van der Waals surface area contributed by atoms with Crippen molar-refractivity contribution in [3.05, 3.63) is 0 Å². The minimum absolute atomic E-state index is 0.0212. The summed E-state index contributed by atoms with van der Waals surface area (Å²) in [6, 6.07) is -0.340. The van der Waals surface area contributed by atoms with Gasteiger partial charge < -0.3 is 15.0 Å². The van der Waals surface area contributed by atoms with Gasteiger partial charge in [0, 0.05) is 32.7 Å². The van der Waals surface area contributed by atoms with Gasteiger partial charge in [0.2, 0.25) is 11.8 Å². The highest BCUT2D eigenvalue weighted by Crippen LogP contribution is 2.20. The number of nitrogens with zero attached hydrogens (tertiary/aromatic N) is 2. The van der Waals surface area contributed by atoms with Crippen molar-refractivity contribution in [2.45, 2.75) is 33.2 Å². The highest BCUT2D eigenvalue weighted by molar-refractivity contribution is 5.88. The summed E-state index contributed by atoms with van der Waals surface area (Å²) in [5, 5.41) is 2.88. The van der Waals surface area contributed by atoms with Gasteiger partial charge >= 0.3 is 0 Å². The second-order valence-electron chi connectivity index (χ2n) is 7.04. The normalized spacial score (nSPS) is 24.8. The van der Waals surface area contributed by atoms with E-state index < -0.39 is 0 Å². The first-order chi connectivity index (χ1) is 9.87. The Morgan fingerprint density at radius 2 is 1.95 bits per heavy atom. The molecule has 0 spiro atoms. The smallest absolute Gasteiger partial charge is 0.237 e. The van der Waals surface area contributed by atoms with Crippen molar-refractivity contribution < 1.29 is 14.3 Å². The van der Waals surface area contributed by atoms with Gasteiger partial charge in [-0.2, -0.15) is 0 Å². The third-order valence-corrected chi connectivity index (χ3v) is 3.85. The van der Waals surface area contributed by atoms with E-state index in [9.17, 15) is 9.59 Å². The van der Waals surface area contributed by atoms with Crippen LogP contribution in [0.25, 0.3) is 0 Å². The molecule has 2 amide bonds. The number of carbonyl (C=O) groups is 2. The number of rotatable bonds is 3.